The maximum atomic E-state index is 12.2. The third-order valence-corrected chi connectivity index (χ3v) is 9.71. The standard InChI is InChI=1S/C32H44N6O2/c1-4-27(39)20-23-8-7-17-38(22(23)2)28-21-34-29(30(33)40)31(36-28)35-25-13-11-24(12-14-25)32(3)15-18-37(19-16-32)26-9-5-6-10-26/h4,11-14,21-23,26H,1,5-10,15-20H2,2-3H3,(H2,33,40)(H,35,36)/t22-,23+/m1/s1. The molecule has 3 heterocycles. The van der Waals surface area contributed by atoms with E-state index >= 15 is 0 Å². The molecule has 2 aliphatic heterocycles. The first kappa shape index (κ1) is 28.3. The van der Waals surface area contributed by atoms with Crippen LogP contribution >= 0.6 is 0 Å². The topological polar surface area (TPSA) is 104 Å². The van der Waals surface area contributed by atoms with Crippen LogP contribution in [0.4, 0.5) is 17.3 Å². The van der Waals surface area contributed by atoms with Crippen LogP contribution in [0.5, 0.6) is 0 Å². The number of anilines is 3. The fourth-order valence-electron chi connectivity index (χ4n) is 6.98. The lowest BCUT2D eigenvalue weighted by Gasteiger charge is -2.42. The molecule has 1 saturated carbocycles. The van der Waals surface area contributed by atoms with Crippen LogP contribution in [-0.4, -0.2) is 58.3 Å². The number of nitrogens with one attached hydrogen (secondary N) is 1. The van der Waals surface area contributed by atoms with Crippen molar-refractivity contribution in [1.29, 1.82) is 0 Å². The van der Waals surface area contributed by atoms with Gasteiger partial charge >= 0.3 is 0 Å². The number of amides is 1. The molecule has 1 aliphatic carbocycles. The summed E-state index contributed by atoms with van der Waals surface area (Å²) < 4.78 is 0. The monoisotopic (exact) mass is 544 g/mol. The van der Waals surface area contributed by atoms with Crippen LogP contribution in [0, 0.1) is 5.92 Å². The van der Waals surface area contributed by atoms with Gasteiger partial charge in [0, 0.05) is 30.7 Å². The van der Waals surface area contributed by atoms with E-state index in [-0.39, 0.29) is 28.9 Å². The van der Waals surface area contributed by atoms with Gasteiger partial charge in [-0.05, 0) is 93.6 Å². The first-order valence-electron chi connectivity index (χ1n) is 15.0. The van der Waals surface area contributed by atoms with Gasteiger partial charge in [0.2, 0.25) is 0 Å². The number of carbonyl (C=O) groups is 2. The number of allylic oxidation sites excluding steroid dienone is 1. The molecule has 2 aromatic rings. The third kappa shape index (κ3) is 6.07. The highest BCUT2D eigenvalue weighted by molar-refractivity contribution is 5.96. The lowest BCUT2D eigenvalue weighted by molar-refractivity contribution is -0.115. The molecule has 1 aromatic heterocycles. The van der Waals surface area contributed by atoms with Crippen LogP contribution in [0.25, 0.3) is 0 Å². The molecule has 0 spiro atoms. The second-order valence-corrected chi connectivity index (χ2v) is 12.2. The Labute approximate surface area is 238 Å². The van der Waals surface area contributed by atoms with Crippen molar-refractivity contribution in [2.75, 3.05) is 29.9 Å². The van der Waals surface area contributed by atoms with Gasteiger partial charge in [-0.2, -0.15) is 0 Å². The van der Waals surface area contributed by atoms with Crippen LogP contribution in [0.1, 0.15) is 87.7 Å². The minimum atomic E-state index is -0.624. The Morgan fingerprint density at radius 1 is 1.10 bits per heavy atom. The van der Waals surface area contributed by atoms with Crippen molar-refractivity contribution in [3.63, 3.8) is 0 Å². The van der Waals surface area contributed by atoms with Gasteiger partial charge in [0.1, 0.15) is 5.82 Å². The van der Waals surface area contributed by atoms with E-state index in [1.54, 1.807) is 6.20 Å². The smallest absolute Gasteiger partial charge is 0.271 e. The van der Waals surface area contributed by atoms with Gasteiger partial charge < -0.3 is 20.9 Å². The second kappa shape index (κ2) is 12.1. The Kier molecular flexibility index (Phi) is 8.54. The minimum absolute atomic E-state index is 0.0629. The quantitative estimate of drug-likeness (QED) is 0.409. The van der Waals surface area contributed by atoms with Crippen molar-refractivity contribution in [2.24, 2.45) is 11.7 Å². The molecule has 0 radical (unpaired) electrons. The molecule has 0 unspecified atom stereocenters. The summed E-state index contributed by atoms with van der Waals surface area (Å²) in [6.45, 7) is 11.3. The van der Waals surface area contributed by atoms with Crippen molar-refractivity contribution < 1.29 is 9.59 Å². The minimum Gasteiger partial charge on any atom is -0.364 e. The molecule has 40 heavy (non-hydrogen) atoms. The second-order valence-electron chi connectivity index (χ2n) is 12.2. The number of hydrogen-bond donors (Lipinski definition) is 2. The van der Waals surface area contributed by atoms with Crippen LogP contribution < -0.4 is 16.0 Å². The first-order chi connectivity index (χ1) is 19.3. The van der Waals surface area contributed by atoms with Gasteiger partial charge in [-0.25, -0.2) is 9.97 Å². The number of benzene rings is 1. The summed E-state index contributed by atoms with van der Waals surface area (Å²) in [5, 5.41) is 3.31. The fourth-order valence-corrected chi connectivity index (χ4v) is 6.98. The van der Waals surface area contributed by atoms with Crippen molar-refractivity contribution in [3.8, 4) is 0 Å². The number of likely N-dealkylation sites (tertiary alicyclic amines) is 1. The van der Waals surface area contributed by atoms with Gasteiger partial charge in [-0.1, -0.05) is 38.5 Å². The normalized spacial score (nSPS) is 23.6. The molecule has 1 amide bonds. The van der Waals surface area contributed by atoms with Crippen LogP contribution in [0.2, 0.25) is 0 Å². The summed E-state index contributed by atoms with van der Waals surface area (Å²) in [6.07, 6.45) is 13.3. The van der Waals surface area contributed by atoms with Crippen LogP contribution in [-0.2, 0) is 10.2 Å². The number of piperidine rings is 2. The summed E-state index contributed by atoms with van der Waals surface area (Å²) in [5.74, 6) is 0.681. The van der Waals surface area contributed by atoms with E-state index in [4.69, 9.17) is 10.7 Å². The highest BCUT2D eigenvalue weighted by Crippen LogP contribution is 2.38. The molecule has 8 heteroatoms. The van der Waals surface area contributed by atoms with E-state index in [0.29, 0.717) is 18.1 Å². The van der Waals surface area contributed by atoms with E-state index in [1.165, 1.54) is 63.3 Å². The van der Waals surface area contributed by atoms with Crippen molar-refractivity contribution in [2.45, 2.75) is 89.1 Å². The van der Waals surface area contributed by atoms with Gasteiger partial charge in [0.05, 0.1) is 6.20 Å². The zero-order chi connectivity index (χ0) is 28.3. The van der Waals surface area contributed by atoms with Crippen molar-refractivity contribution in [1.82, 2.24) is 14.9 Å². The van der Waals surface area contributed by atoms with E-state index in [1.807, 2.05) is 0 Å². The SMILES string of the molecule is C=CC(=O)C[C@@H]1CCCN(c2cnc(C(N)=O)c(Nc3ccc(C4(C)CCN(C5CCCC5)CC4)cc3)n2)[C@@H]1C. The largest absolute Gasteiger partial charge is 0.364 e. The van der Waals surface area contributed by atoms with Gasteiger partial charge in [0.25, 0.3) is 5.91 Å². The molecule has 3 N–H and O–H groups in total. The highest BCUT2D eigenvalue weighted by atomic mass is 16.1. The van der Waals surface area contributed by atoms with Crippen molar-refractivity contribution in [3.05, 3.63) is 54.4 Å². The molecule has 5 rings (SSSR count). The summed E-state index contributed by atoms with van der Waals surface area (Å²) in [4.78, 5) is 38.3. The zero-order valence-electron chi connectivity index (χ0n) is 24.1. The average molecular weight is 545 g/mol. The van der Waals surface area contributed by atoms with E-state index in [9.17, 15) is 9.59 Å². The Morgan fingerprint density at radius 2 is 1.80 bits per heavy atom. The zero-order valence-corrected chi connectivity index (χ0v) is 24.1. The van der Waals surface area contributed by atoms with Gasteiger partial charge in [0.15, 0.2) is 17.3 Å². The fraction of sp³-hybridized carbons (Fsp3) is 0.562. The molecule has 8 nitrogen and oxygen atoms in total. The number of primary amides is 1. The van der Waals surface area contributed by atoms with E-state index < -0.39 is 5.91 Å². The number of aromatic nitrogens is 2. The molecular formula is C32H44N6O2. The molecule has 3 aliphatic rings. The molecule has 214 valence electrons. The molecule has 1 aromatic carbocycles. The Bertz CT molecular complexity index is 1210. The number of rotatable bonds is 9. The number of nitrogens with zero attached hydrogens (tertiary/aromatic N) is 4. The first-order valence-corrected chi connectivity index (χ1v) is 15.0. The predicted octanol–water partition coefficient (Wildman–Crippen LogP) is 5.37. The molecular weight excluding hydrogens is 500 g/mol. The third-order valence-electron chi connectivity index (χ3n) is 9.71. The predicted molar refractivity (Wildman–Crippen MR) is 160 cm³/mol. The average Bonchev–Trinajstić information content (AvgIpc) is 3.50. The van der Waals surface area contributed by atoms with E-state index in [0.717, 1.165) is 31.1 Å². The van der Waals surface area contributed by atoms with E-state index in [2.05, 4.69) is 64.8 Å². The lowest BCUT2D eigenvalue weighted by atomic mass is 9.74. The summed E-state index contributed by atoms with van der Waals surface area (Å²) in [5.41, 5.74) is 8.13. The maximum Gasteiger partial charge on any atom is 0.271 e. The van der Waals surface area contributed by atoms with Gasteiger partial charge in [-0.3, -0.25) is 9.59 Å². The molecule has 2 atom stereocenters. The maximum absolute atomic E-state index is 12.2. The highest BCUT2D eigenvalue weighted by Gasteiger charge is 2.35. The Morgan fingerprint density at radius 3 is 2.45 bits per heavy atom. The molecule has 2 saturated heterocycles. The lowest BCUT2D eigenvalue weighted by Crippen LogP contribution is -2.45. The summed E-state index contributed by atoms with van der Waals surface area (Å²) >= 11 is 0. The molecule has 0 bridgehead atoms. The van der Waals surface area contributed by atoms with Crippen molar-refractivity contribution >= 4 is 29.0 Å². The Hall–Kier alpha value is -3.26. The number of carbonyl (C=O) groups excluding carboxylic acids is 2. The summed E-state index contributed by atoms with van der Waals surface area (Å²) in [6, 6.07) is 9.42. The Balaban J connectivity index is 1.30. The van der Waals surface area contributed by atoms with Crippen LogP contribution in [0.3, 0.4) is 0 Å². The summed E-state index contributed by atoms with van der Waals surface area (Å²) in [7, 11) is 0. The molecule has 3 fully saturated rings. The number of hydrogen-bond acceptors (Lipinski definition) is 7. The number of nitrogens with two attached hydrogens (primary N) is 1. The van der Waals surface area contributed by atoms with Gasteiger partial charge in [-0.15, -0.1) is 0 Å². The van der Waals surface area contributed by atoms with Crippen LogP contribution in [0.15, 0.2) is 43.1 Å². The number of ketones is 1.